The maximum Gasteiger partial charge on any atom is 0.132 e. The Bertz CT molecular complexity index is 1130. The second kappa shape index (κ2) is 5.38. The van der Waals surface area contributed by atoms with Crippen molar-refractivity contribution < 1.29 is 0 Å². The van der Waals surface area contributed by atoms with Crippen molar-refractivity contribution in [2.45, 2.75) is 0 Å². The van der Waals surface area contributed by atoms with Gasteiger partial charge in [0.05, 0.1) is 12.1 Å². The van der Waals surface area contributed by atoms with E-state index in [1.165, 1.54) is 21.9 Å². The normalized spacial score (nSPS) is 14.0. The smallest absolute Gasteiger partial charge is 0.132 e. The second-order valence-corrected chi connectivity index (χ2v) is 6.36. The van der Waals surface area contributed by atoms with Crippen LogP contribution in [-0.4, -0.2) is 23.9 Å². The number of aromatic nitrogens is 1. The fraction of sp³-hybridized carbons (Fsp3) is 0.0952. The zero-order valence-electron chi connectivity index (χ0n) is 13.7. The first-order valence-corrected chi connectivity index (χ1v) is 8.49. The van der Waals surface area contributed by atoms with Gasteiger partial charge in [-0.15, -0.1) is 0 Å². The molecule has 0 saturated heterocycles. The fourth-order valence-corrected chi connectivity index (χ4v) is 3.68. The van der Waals surface area contributed by atoms with Crippen LogP contribution in [0.1, 0.15) is 5.56 Å². The van der Waals surface area contributed by atoms with E-state index >= 15 is 0 Å². The average Bonchev–Trinajstić information content (AvgIpc) is 3.27. The molecule has 4 nitrogen and oxygen atoms in total. The zero-order chi connectivity index (χ0) is 16.8. The number of nitrogens with two attached hydrogens (primary N) is 1. The van der Waals surface area contributed by atoms with E-state index in [-0.39, 0.29) is 0 Å². The molecule has 0 atom stereocenters. The molecule has 0 saturated carbocycles. The Balaban J connectivity index is 1.76. The van der Waals surface area contributed by atoms with Crippen molar-refractivity contribution in [1.82, 2.24) is 10.3 Å². The van der Waals surface area contributed by atoms with E-state index in [9.17, 15) is 0 Å². The van der Waals surface area contributed by atoms with Crippen LogP contribution in [-0.2, 0) is 0 Å². The lowest BCUT2D eigenvalue weighted by atomic mass is 9.97. The molecule has 4 N–H and O–H groups in total. The number of amidine groups is 1. The van der Waals surface area contributed by atoms with Crippen LogP contribution in [0.3, 0.4) is 0 Å². The van der Waals surface area contributed by atoms with E-state index in [0.717, 1.165) is 35.4 Å². The lowest BCUT2D eigenvalue weighted by Crippen LogP contribution is -2.20. The van der Waals surface area contributed by atoms with Gasteiger partial charge in [-0.2, -0.15) is 0 Å². The van der Waals surface area contributed by atoms with E-state index in [2.05, 4.69) is 76.0 Å². The van der Waals surface area contributed by atoms with Crippen LogP contribution in [0.4, 0.5) is 5.82 Å². The third-order valence-electron chi connectivity index (χ3n) is 4.84. The third-order valence-corrected chi connectivity index (χ3v) is 4.84. The highest BCUT2D eigenvalue weighted by Gasteiger charge is 2.18. The number of nitrogens with one attached hydrogen (secondary N) is 2. The molecule has 2 heterocycles. The number of aliphatic imine (C=N–C) groups is 1. The lowest BCUT2D eigenvalue weighted by Gasteiger charge is -2.08. The molecule has 3 aromatic carbocycles. The largest absolute Gasteiger partial charge is 0.385 e. The average molecular weight is 326 g/mol. The Morgan fingerprint density at radius 3 is 2.68 bits per heavy atom. The summed E-state index contributed by atoms with van der Waals surface area (Å²) in [7, 11) is 0. The molecule has 5 rings (SSSR count). The summed E-state index contributed by atoms with van der Waals surface area (Å²) in [5.74, 6) is 1.55. The van der Waals surface area contributed by atoms with Crippen LogP contribution < -0.4 is 11.1 Å². The van der Waals surface area contributed by atoms with E-state index in [1.807, 2.05) is 0 Å². The molecule has 0 bridgehead atoms. The molecule has 0 spiro atoms. The highest BCUT2D eigenvalue weighted by atomic mass is 15.1. The van der Waals surface area contributed by atoms with Crippen LogP contribution >= 0.6 is 0 Å². The highest BCUT2D eigenvalue weighted by Crippen LogP contribution is 2.33. The number of fused-ring (bicyclic) bond motifs is 2. The second-order valence-electron chi connectivity index (χ2n) is 6.36. The predicted molar refractivity (Wildman–Crippen MR) is 105 cm³/mol. The van der Waals surface area contributed by atoms with Gasteiger partial charge in [-0.25, -0.2) is 0 Å². The Morgan fingerprint density at radius 2 is 1.80 bits per heavy atom. The number of nitrogens with zero attached hydrogens (tertiary/aromatic N) is 1. The number of hydrogen-bond donors (Lipinski definition) is 3. The van der Waals surface area contributed by atoms with E-state index in [4.69, 9.17) is 5.73 Å². The number of benzene rings is 3. The summed E-state index contributed by atoms with van der Waals surface area (Å²) in [6.45, 7) is 1.66. The van der Waals surface area contributed by atoms with Gasteiger partial charge in [-0.1, -0.05) is 48.5 Å². The van der Waals surface area contributed by atoms with Crippen LogP contribution in [0.5, 0.6) is 0 Å². The van der Waals surface area contributed by atoms with Gasteiger partial charge in [0.25, 0.3) is 0 Å². The first-order chi connectivity index (χ1) is 12.3. The Labute approximate surface area is 145 Å². The molecule has 0 aliphatic carbocycles. The summed E-state index contributed by atoms with van der Waals surface area (Å²) >= 11 is 0. The van der Waals surface area contributed by atoms with Gasteiger partial charge in [0, 0.05) is 17.4 Å². The number of rotatable bonds is 2. The summed E-state index contributed by atoms with van der Waals surface area (Å²) in [6, 6.07) is 21.4. The van der Waals surface area contributed by atoms with Crippen molar-refractivity contribution in [3.8, 4) is 11.1 Å². The summed E-state index contributed by atoms with van der Waals surface area (Å²) in [4.78, 5) is 7.82. The van der Waals surface area contributed by atoms with Crippen LogP contribution in [0.15, 0.2) is 65.7 Å². The van der Waals surface area contributed by atoms with E-state index in [1.54, 1.807) is 0 Å². The molecule has 4 heteroatoms. The van der Waals surface area contributed by atoms with Crippen molar-refractivity contribution in [2.75, 3.05) is 18.8 Å². The van der Waals surface area contributed by atoms with Gasteiger partial charge in [-0.3, -0.25) is 4.99 Å². The highest BCUT2D eigenvalue weighted by molar-refractivity contribution is 6.15. The first kappa shape index (κ1) is 14.1. The fourth-order valence-electron chi connectivity index (χ4n) is 3.68. The molecule has 25 heavy (non-hydrogen) atoms. The van der Waals surface area contributed by atoms with Crippen LogP contribution in [0, 0.1) is 0 Å². The van der Waals surface area contributed by atoms with E-state index in [0.29, 0.717) is 5.82 Å². The monoisotopic (exact) mass is 326 g/mol. The lowest BCUT2D eigenvalue weighted by molar-refractivity contribution is 0.960. The topological polar surface area (TPSA) is 66.2 Å². The third kappa shape index (κ3) is 2.18. The van der Waals surface area contributed by atoms with Gasteiger partial charge in [0.2, 0.25) is 0 Å². The minimum atomic E-state index is 0.665. The molecule has 1 aliphatic heterocycles. The van der Waals surface area contributed by atoms with Gasteiger partial charge in [0.1, 0.15) is 11.7 Å². The molecule has 0 unspecified atom stereocenters. The van der Waals surface area contributed by atoms with Crippen molar-refractivity contribution in [3.63, 3.8) is 0 Å². The van der Waals surface area contributed by atoms with Gasteiger partial charge < -0.3 is 16.0 Å². The molecule has 4 aromatic rings. The Kier molecular flexibility index (Phi) is 3.04. The minimum absolute atomic E-state index is 0.665. The number of anilines is 1. The maximum atomic E-state index is 6.24. The van der Waals surface area contributed by atoms with Gasteiger partial charge >= 0.3 is 0 Å². The minimum Gasteiger partial charge on any atom is -0.385 e. The molecule has 0 radical (unpaired) electrons. The quantitative estimate of drug-likeness (QED) is 0.523. The summed E-state index contributed by atoms with van der Waals surface area (Å²) < 4.78 is 0. The van der Waals surface area contributed by atoms with Crippen molar-refractivity contribution >= 4 is 33.3 Å². The molecule has 0 amide bonds. The van der Waals surface area contributed by atoms with Gasteiger partial charge in [0.15, 0.2) is 0 Å². The molecular weight excluding hydrogens is 308 g/mol. The standard InChI is InChI=1S/C21H18N4/c22-20-19(21-23-10-11-24-21)17-12-14(8-9-18(17)25-20)16-7-3-5-13-4-1-2-6-15(13)16/h1-9,12,25H,10-11,22H2,(H,23,24). The Hall–Kier alpha value is -3.27. The summed E-state index contributed by atoms with van der Waals surface area (Å²) in [6.07, 6.45) is 0. The number of H-pyrrole nitrogens is 1. The van der Waals surface area contributed by atoms with Crippen LogP contribution in [0.2, 0.25) is 0 Å². The van der Waals surface area contributed by atoms with Crippen LogP contribution in [0.25, 0.3) is 32.8 Å². The number of nitrogen functional groups attached to an aromatic ring is 1. The summed E-state index contributed by atoms with van der Waals surface area (Å²) in [5.41, 5.74) is 10.7. The van der Waals surface area contributed by atoms with Crippen molar-refractivity contribution in [2.24, 2.45) is 4.99 Å². The molecule has 0 fully saturated rings. The maximum absolute atomic E-state index is 6.24. The number of aromatic amines is 1. The molecule has 122 valence electrons. The van der Waals surface area contributed by atoms with Gasteiger partial charge in [-0.05, 0) is 34.0 Å². The Morgan fingerprint density at radius 1 is 0.920 bits per heavy atom. The van der Waals surface area contributed by atoms with Crippen molar-refractivity contribution in [3.05, 3.63) is 66.2 Å². The zero-order valence-corrected chi connectivity index (χ0v) is 13.7. The van der Waals surface area contributed by atoms with Crippen molar-refractivity contribution in [1.29, 1.82) is 0 Å². The number of hydrogen-bond acceptors (Lipinski definition) is 3. The summed E-state index contributed by atoms with van der Waals surface area (Å²) in [5, 5.41) is 6.94. The molecule has 1 aromatic heterocycles. The van der Waals surface area contributed by atoms with E-state index < -0.39 is 0 Å². The molecular formula is C21H18N4. The SMILES string of the molecule is Nc1[nH]c2ccc(-c3cccc4ccccc34)cc2c1C1=NCCN1. The first-order valence-electron chi connectivity index (χ1n) is 8.49. The predicted octanol–water partition coefficient (Wildman–Crippen LogP) is 3.92. The molecule has 1 aliphatic rings.